The monoisotopic (exact) mass is 404 g/mol. The molecule has 2 fully saturated rings. The van der Waals surface area contributed by atoms with Gasteiger partial charge in [-0.1, -0.05) is 0 Å². The molecule has 0 amide bonds. The lowest BCUT2D eigenvalue weighted by Crippen LogP contribution is -2.54. The van der Waals surface area contributed by atoms with Crippen molar-refractivity contribution in [2.45, 2.75) is 50.3 Å². The van der Waals surface area contributed by atoms with E-state index in [1.165, 1.54) is 4.90 Å². The molecule has 0 aromatic carbocycles. The zero-order valence-corrected chi connectivity index (χ0v) is 16.7. The minimum atomic E-state index is -4.21. The van der Waals surface area contributed by atoms with Crippen molar-refractivity contribution in [3.63, 3.8) is 0 Å². The zero-order valence-electron chi connectivity index (χ0n) is 15.9. The smallest absolute Gasteiger partial charge is 0.393 e. The Kier molecular flexibility index (Phi) is 6.05. The third-order valence-corrected chi connectivity index (χ3v) is 7.27. The average molecular weight is 405 g/mol. The van der Waals surface area contributed by atoms with Gasteiger partial charge in [-0.2, -0.15) is 23.4 Å². The van der Waals surface area contributed by atoms with Gasteiger partial charge in [-0.3, -0.25) is 9.80 Å². The second-order valence-corrected chi connectivity index (χ2v) is 9.40. The van der Waals surface area contributed by atoms with Crippen LogP contribution in [0.3, 0.4) is 0 Å². The number of aryl methyl sites for hydroxylation is 1. The predicted molar refractivity (Wildman–Crippen MR) is 99.4 cm³/mol. The molecule has 3 rings (SSSR count). The van der Waals surface area contributed by atoms with Gasteiger partial charge in [-0.25, -0.2) is 0 Å². The molecular weight excluding hydrogens is 377 g/mol. The summed E-state index contributed by atoms with van der Waals surface area (Å²) >= 11 is 1.72. The third-order valence-electron chi connectivity index (χ3n) is 5.72. The van der Waals surface area contributed by atoms with Crippen LogP contribution >= 0.6 is 11.8 Å². The Labute approximate surface area is 162 Å². The summed E-state index contributed by atoms with van der Waals surface area (Å²) in [7, 11) is 0. The number of aliphatic hydroxyl groups excluding tert-OH is 1. The molecule has 0 bridgehead atoms. The van der Waals surface area contributed by atoms with Crippen LogP contribution in [0, 0.1) is 12.8 Å². The molecule has 152 valence electrons. The number of hydrogen-bond acceptors (Lipinski definition) is 6. The molecule has 5 nitrogen and oxygen atoms in total. The van der Waals surface area contributed by atoms with E-state index in [-0.39, 0.29) is 29.8 Å². The molecule has 0 spiro atoms. The van der Waals surface area contributed by atoms with Gasteiger partial charge in [0.25, 0.3) is 0 Å². The van der Waals surface area contributed by atoms with Gasteiger partial charge in [0.05, 0.1) is 30.1 Å². The Balaban J connectivity index is 1.68. The van der Waals surface area contributed by atoms with E-state index in [2.05, 4.69) is 28.9 Å². The summed E-state index contributed by atoms with van der Waals surface area (Å²) in [6.07, 6.45) is -4.39. The molecule has 3 unspecified atom stereocenters. The minimum Gasteiger partial charge on any atom is -0.393 e. The molecule has 0 aliphatic carbocycles. The second kappa shape index (κ2) is 7.85. The van der Waals surface area contributed by atoms with Gasteiger partial charge in [0.1, 0.15) is 0 Å². The summed E-state index contributed by atoms with van der Waals surface area (Å²) < 4.78 is 38.1. The number of piperidine rings is 1. The van der Waals surface area contributed by atoms with Crippen LogP contribution in [0.2, 0.25) is 0 Å². The van der Waals surface area contributed by atoms with E-state index in [1.54, 1.807) is 11.8 Å². The van der Waals surface area contributed by atoms with Crippen molar-refractivity contribution in [2.75, 3.05) is 32.1 Å². The molecule has 2 aliphatic rings. The molecule has 2 saturated heterocycles. The van der Waals surface area contributed by atoms with Crippen LogP contribution in [-0.4, -0.2) is 74.2 Å². The van der Waals surface area contributed by atoms with Crippen molar-refractivity contribution >= 4 is 11.8 Å². The minimum absolute atomic E-state index is 0.0689. The Bertz CT molecular complexity index is 644. The highest BCUT2D eigenvalue weighted by atomic mass is 32.2. The van der Waals surface area contributed by atoms with Crippen molar-refractivity contribution in [3.05, 3.63) is 23.5 Å². The molecule has 4 atom stereocenters. The summed E-state index contributed by atoms with van der Waals surface area (Å²) in [6.45, 7) is 6.39. The topological polar surface area (TPSA) is 52.5 Å². The third kappa shape index (κ3) is 4.93. The number of rotatable bonds is 4. The zero-order chi connectivity index (χ0) is 19.8. The Morgan fingerprint density at radius 3 is 2.74 bits per heavy atom. The second-order valence-electron chi connectivity index (χ2n) is 7.92. The van der Waals surface area contributed by atoms with Gasteiger partial charge in [-0.15, -0.1) is 11.8 Å². The van der Waals surface area contributed by atoms with E-state index < -0.39 is 18.8 Å². The number of alkyl halides is 3. The van der Waals surface area contributed by atoms with E-state index in [9.17, 15) is 18.3 Å². The number of likely N-dealkylation sites (tertiary alicyclic amines) is 1. The maximum atomic E-state index is 12.8. The number of nitrogens with zero attached hydrogens (tertiary/aromatic N) is 4. The van der Waals surface area contributed by atoms with Gasteiger partial charge in [0, 0.05) is 36.2 Å². The SMILES string of the molecule is Cc1ccc([C@@H](C)N2CSC(C)(C3CN(CC(F)(F)F)CCC3O)C2)nn1. The fraction of sp³-hybridized carbons (Fsp3) is 0.778. The van der Waals surface area contributed by atoms with Gasteiger partial charge in [0.2, 0.25) is 0 Å². The molecule has 0 saturated carbocycles. The van der Waals surface area contributed by atoms with Crippen LogP contribution in [0.15, 0.2) is 12.1 Å². The lowest BCUT2D eigenvalue weighted by atomic mass is 9.83. The van der Waals surface area contributed by atoms with Crippen LogP contribution in [0.4, 0.5) is 13.2 Å². The summed E-state index contributed by atoms with van der Waals surface area (Å²) in [4.78, 5) is 3.69. The lowest BCUT2D eigenvalue weighted by molar-refractivity contribution is -0.154. The first-order valence-corrected chi connectivity index (χ1v) is 10.2. The normalized spacial score (nSPS) is 32.0. The molecule has 0 radical (unpaired) electrons. The molecule has 3 heterocycles. The van der Waals surface area contributed by atoms with Crippen LogP contribution in [-0.2, 0) is 0 Å². The molecule has 1 N–H and O–H groups in total. The summed E-state index contributed by atoms with van der Waals surface area (Å²) in [5.74, 6) is 0.565. The van der Waals surface area contributed by atoms with E-state index in [4.69, 9.17) is 0 Å². The molecule has 27 heavy (non-hydrogen) atoms. The van der Waals surface area contributed by atoms with Crippen LogP contribution in [0.1, 0.15) is 37.7 Å². The average Bonchev–Trinajstić information content (AvgIpc) is 2.99. The van der Waals surface area contributed by atoms with Gasteiger partial charge < -0.3 is 5.11 Å². The molecular formula is C18H27F3N4OS. The summed E-state index contributed by atoms with van der Waals surface area (Å²) in [6, 6.07) is 3.97. The van der Waals surface area contributed by atoms with Crippen molar-refractivity contribution in [2.24, 2.45) is 5.92 Å². The van der Waals surface area contributed by atoms with E-state index >= 15 is 0 Å². The fourth-order valence-electron chi connectivity index (χ4n) is 4.02. The number of thioether (sulfide) groups is 1. The number of aromatic nitrogens is 2. The number of halogens is 3. The van der Waals surface area contributed by atoms with Crippen LogP contribution in [0.25, 0.3) is 0 Å². The van der Waals surface area contributed by atoms with Crippen molar-refractivity contribution in [1.29, 1.82) is 0 Å². The Morgan fingerprint density at radius 1 is 1.37 bits per heavy atom. The summed E-state index contributed by atoms with van der Waals surface area (Å²) in [5, 5.41) is 18.9. The number of hydrogen-bond donors (Lipinski definition) is 1. The van der Waals surface area contributed by atoms with Gasteiger partial charge >= 0.3 is 6.18 Å². The van der Waals surface area contributed by atoms with Crippen molar-refractivity contribution in [3.8, 4) is 0 Å². The quantitative estimate of drug-likeness (QED) is 0.833. The first kappa shape index (κ1) is 20.8. The fourth-order valence-corrected chi connectivity index (χ4v) is 5.50. The highest BCUT2D eigenvalue weighted by Gasteiger charge is 2.48. The highest BCUT2D eigenvalue weighted by molar-refractivity contribution is 8.00. The maximum Gasteiger partial charge on any atom is 0.401 e. The lowest BCUT2D eigenvalue weighted by Gasteiger charge is -2.44. The Hall–Kier alpha value is -0.900. The van der Waals surface area contributed by atoms with Gasteiger partial charge in [0.15, 0.2) is 0 Å². The number of aliphatic hydroxyl groups is 1. The first-order valence-electron chi connectivity index (χ1n) is 9.23. The van der Waals surface area contributed by atoms with Crippen LogP contribution < -0.4 is 0 Å². The molecule has 9 heteroatoms. The van der Waals surface area contributed by atoms with Gasteiger partial charge in [-0.05, 0) is 39.3 Å². The largest absolute Gasteiger partial charge is 0.401 e. The molecule has 1 aromatic heterocycles. The summed E-state index contributed by atoms with van der Waals surface area (Å²) in [5.41, 5.74) is 1.75. The van der Waals surface area contributed by atoms with Crippen molar-refractivity contribution < 1.29 is 18.3 Å². The predicted octanol–water partition coefficient (Wildman–Crippen LogP) is 2.86. The van der Waals surface area contributed by atoms with E-state index in [0.717, 1.165) is 17.3 Å². The first-order chi connectivity index (χ1) is 12.6. The standard InChI is InChI=1S/C18H27F3N4OS/c1-12-4-5-15(23-22-12)13(2)25-9-17(3,27-11-25)14-8-24(7-6-16(14)26)10-18(19,20)21/h4-5,13-14,16,26H,6-11H2,1-3H3/t13-,14?,16?,17?/m1/s1. The Morgan fingerprint density at radius 2 is 2.11 bits per heavy atom. The van der Waals surface area contributed by atoms with Crippen LogP contribution in [0.5, 0.6) is 0 Å². The van der Waals surface area contributed by atoms with E-state index in [1.807, 2.05) is 19.1 Å². The molecule has 1 aromatic rings. The highest BCUT2D eigenvalue weighted by Crippen LogP contribution is 2.45. The van der Waals surface area contributed by atoms with Crippen molar-refractivity contribution in [1.82, 2.24) is 20.0 Å². The maximum absolute atomic E-state index is 12.8. The van der Waals surface area contributed by atoms with E-state index in [0.29, 0.717) is 13.0 Å². The molecule has 2 aliphatic heterocycles.